The number of carbonyl (C=O) groups is 1. The van der Waals surface area contributed by atoms with Crippen molar-refractivity contribution < 1.29 is 32.9 Å². The Balaban J connectivity index is 3.98. The van der Waals surface area contributed by atoms with Gasteiger partial charge in [0, 0.05) is 6.42 Å². The number of quaternary nitrogens is 1. The molecule has 73 heavy (non-hydrogen) atoms. The van der Waals surface area contributed by atoms with Gasteiger partial charge in [0.25, 0.3) is 7.82 Å². The number of hydrogen-bond donors (Lipinski definition) is 2. The van der Waals surface area contributed by atoms with Gasteiger partial charge in [-0.25, -0.2) is 0 Å². The van der Waals surface area contributed by atoms with Gasteiger partial charge in [-0.1, -0.05) is 301 Å². The van der Waals surface area contributed by atoms with Crippen LogP contribution in [0.1, 0.15) is 316 Å². The Labute approximate surface area is 455 Å². The van der Waals surface area contributed by atoms with Gasteiger partial charge in [-0.05, 0) is 44.9 Å². The summed E-state index contributed by atoms with van der Waals surface area (Å²) < 4.78 is 23.3. The fourth-order valence-electron chi connectivity index (χ4n) is 9.60. The van der Waals surface area contributed by atoms with Crippen LogP contribution in [-0.4, -0.2) is 68.5 Å². The molecule has 9 heteroatoms. The molecule has 0 aromatic rings. The molecule has 0 aliphatic heterocycles. The zero-order chi connectivity index (χ0) is 53.5. The zero-order valence-electron chi connectivity index (χ0n) is 49.4. The lowest BCUT2D eigenvalue weighted by Gasteiger charge is -2.29. The molecular weight excluding hydrogens is 924 g/mol. The number of phosphoric acid groups is 1. The Bertz CT molecular complexity index is 1280. The molecule has 2 N–H and O–H groups in total. The Morgan fingerprint density at radius 3 is 1.11 bits per heavy atom. The summed E-state index contributed by atoms with van der Waals surface area (Å²) in [5.74, 6) is -0.206. The van der Waals surface area contributed by atoms with Crippen LogP contribution in [0, 0.1) is 0 Å². The first-order chi connectivity index (χ1) is 35.5. The number of carbonyl (C=O) groups excluding carboxylic acids is 1. The molecule has 0 aliphatic rings. The van der Waals surface area contributed by atoms with E-state index in [9.17, 15) is 19.4 Å². The van der Waals surface area contributed by atoms with Gasteiger partial charge in [-0.2, -0.15) is 0 Å². The van der Waals surface area contributed by atoms with E-state index in [1.54, 1.807) is 6.08 Å². The highest BCUT2D eigenvalue weighted by Crippen LogP contribution is 2.38. The number of amides is 1. The van der Waals surface area contributed by atoms with Gasteiger partial charge in [-0.3, -0.25) is 9.36 Å². The Morgan fingerprint density at radius 2 is 0.767 bits per heavy atom. The number of nitrogens with zero attached hydrogens (tertiary/aromatic N) is 1. The predicted molar refractivity (Wildman–Crippen MR) is 316 cm³/mol. The van der Waals surface area contributed by atoms with Crippen molar-refractivity contribution in [2.75, 3.05) is 40.9 Å². The fraction of sp³-hybridized carbons (Fsp3) is 0.891. The summed E-state index contributed by atoms with van der Waals surface area (Å²) in [7, 11) is 1.25. The molecule has 0 aromatic carbocycles. The van der Waals surface area contributed by atoms with E-state index in [4.69, 9.17) is 9.05 Å². The van der Waals surface area contributed by atoms with E-state index in [2.05, 4.69) is 43.5 Å². The predicted octanol–water partition coefficient (Wildman–Crippen LogP) is 19.1. The van der Waals surface area contributed by atoms with E-state index in [1.165, 1.54) is 250 Å². The summed E-state index contributed by atoms with van der Waals surface area (Å²) >= 11 is 0. The van der Waals surface area contributed by atoms with Crippen LogP contribution in [-0.2, 0) is 18.4 Å². The first-order valence-corrected chi connectivity index (χ1v) is 33.3. The minimum Gasteiger partial charge on any atom is -0.756 e. The molecule has 0 aromatic heterocycles. The second-order valence-electron chi connectivity index (χ2n) is 23.1. The summed E-state index contributed by atoms with van der Waals surface area (Å²) in [5, 5.41) is 13.9. The molecule has 0 bridgehead atoms. The van der Waals surface area contributed by atoms with Crippen LogP contribution < -0.4 is 10.2 Å². The van der Waals surface area contributed by atoms with Crippen LogP contribution in [0.5, 0.6) is 0 Å². The molecule has 0 heterocycles. The van der Waals surface area contributed by atoms with E-state index in [-0.39, 0.29) is 12.5 Å². The highest BCUT2D eigenvalue weighted by molar-refractivity contribution is 7.45. The summed E-state index contributed by atoms with van der Waals surface area (Å²) in [5.41, 5.74) is 0. The smallest absolute Gasteiger partial charge is 0.268 e. The van der Waals surface area contributed by atoms with E-state index in [0.717, 1.165) is 44.9 Å². The van der Waals surface area contributed by atoms with E-state index < -0.39 is 26.6 Å². The van der Waals surface area contributed by atoms with E-state index >= 15 is 0 Å². The van der Waals surface area contributed by atoms with Gasteiger partial charge in [-0.15, -0.1) is 0 Å². The maximum atomic E-state index is 13.0. The normalized spacial score (nSPS) is 14.0. The standard InChI is InChI=1S/C64H125N2O6P/c1-6-8-10-12-14-16-18-20-22-24-25-26-27-28-29-30-31-32-33-34-35-36-37-38-39-40-41-42-44-46-48-50-52-54-56-58-64(68)65-62(61-72-73(69,70)71-60-59-66(3,4)5)63(67)57-55-53-51-49-47-45-43-23-21-19-17-15-13-11-9-7-2/h21,23,47,49,55,57,62-63,67H,6-20,22,24-46,48,50-54,56,58-61H2,1-5H3,(H-,65,68,69,70)/b23-21+,49-47+,57-55+. The van der Waals surface area contributed by atoms with Crippen LogP contribution in [0.25, 0.3) is 0 Å². The molecular formula is C64H125N2O6P. The largest absolute Gasteiger partial charge is 0.756 e. The summed E-state index contributed by atoms with van der Waals surface area (Å²) in [6, 6.07) is -0.908. The number of aliphatic hydroxyl groups is 1. The number of unbranched alkanes of at least 4 members (excludes halogenated alkanes) is 42. The van der Waals surface area contributed by atoms with Crippen LogP contribution in [0.2, 0.25) is 0 Å². The number of aliphatic hydroxyl groups excluding tert-OH is 1. The molecule has 0 saturated carbocycles. The molecule has 1 amide bonds. The van der Waals surface area contributed by atoms with Crippen molar-refractivity contribution in [1.82, 2.24) is 5.32 Å². The van der Waals surface area contributed by atoms with Crippen molar-refractivity contribution in [3.8, 4) is 0 Å². The molecule has 0 radical (unpaired) electrons. The summed E-state index contributed by atoms with van der Waals surface area (Å²) in [4.78, 5) is 25.5. The topological polar surface area (TPSA) is 108 Å². The molecule has 0 fully saturated rings. The highest BCUT2D eigenvalue weighted by atomic mass is 31.2. The highest BCUT2D eigenvalue weighted by Gasteiger charge is 2.23. The molecule has 0 rings (SSSR count). The molecule has 8 nitrogen and oxygen atoms in total. The first kappa shape index (κ1) is 71.7. The average Bonchev–Trinajstić information content (AvgIpc) is 3.35. The minimum atomic E-state index is -4.61. The minimum absolute atomic E-state index is 0.00743. The first-order valence-electron chi connectivity index (χ1n) is 31.9. The van der Waals surface area contributed by atoms with Crippen LogP contribution >= 0.6 is 7.82 Å². The maximum Gasteiger partial charge on any atom is 0.268 e. The third-order valence-corrected chi connectivity index (χ3v) is 15.5. The average molecular weight is 1050 g/mol. The Morgan fingerprint density at radius 1 is 0.466 bits per heavy atom. The van der Waals surface area contributed by atoms with Gasteiger partial charge in [0.1, 0.15) is 13.2 Å². The SMILES string of the molecule is CCCCCCCC/C=C/CC/C=C/CC/C=C/C(O)C(COP(=O)([O-])OCC[N+](C)(C)C)NC(=O)CCCCCCCCCCCCCCCCCCCCCCCCCCCCCCCCCCCCC. The lowest BCUT2D eigenvalue weighted by Crippen LogP contribution is -2.45. The van der Waals surface area contributed by atoms with E-state index in [0.29, 0.717) is 17.4 Å². The van der Waals surface area contributed by atoms with Crippen molar-refractivity contribution in [2.45, 2.75) is 328 Å². The second kappa shape index (κ2) is 55.5. The van der Waals surface area contributed by atoms with Crippen molar-refractivity contribution in [3.63, 3.8) is 0 Å². The van der Waals surface area contributed by atoms with Crippen LogP contribution in [0.4, 0.5) is 0 Å². The van der Waals surface area contributed by atoms with Gasteiger partial charge in [0.05, 0.1) is 39.9 Å². The van der Waals surface area contributed by atoms with Crippen molar-refractivity contribution in [1.29, 1.82) is 0 Å². The van der Waals surface area contributed by atoms with Gasteiger partial charge in [0.2, 0.25) is 5.91 Å². The molecule has 3 atom stereocenters. The number of rotatable bonds is 59. The molecule has 3 unspecified atom stereocenters. The third-order valence-electron chi connectivity index (χ3n) is 14.6. The van der Waals surface area contributed by atoms with Crippen molar-refractivity contribution in [3.05, 3.63) is 36.5 Å². The number of phosphoric ester groups is 1. The number of hydrogen-bond acceptors (Lipinski definition) is 6. The summed E-state index contributed by atoms with van der Waals surface area (Å²) in [6.45, 7) is 4.65. The van der Waals surface area contributed by atoms with Gasteiger partial charge in [0.15, 0.2) is 0 Å². The van der Waals surface area contributed by atoms with Crippen molar-refractivity contribution >= 4 is 13.7 Å². The quantitative estimate of drug-likeness (QED) is 0.0272. The van der Waals surface area contributed by atoms with Crippen LogP contribution in [0.15, 0.2) is 36.5 Å². The van der Waals surface area contributed by atoms with Crippen molar-refractivity contribution in [2.24, 2.45) is 0 Å². The van der Waals surface area contributed by atoms with Crippen LogP contribution in [0.3, 0.4) is 0 Å². The Kier molecular flexibility index (Phi) is 54.5. The lowest BCUT2D eigenvalue weighted by molar-refractivity contribution is -0.870. The third kappa shape index (κ3) is 58.2. The zero-order valence-corrected chi connectivity index (χ0v) is 50.3. The Hall–Kier alpha value is -1.28. The monoisotopic (exact) mass is 1050 g/mol. The molecule has 432 valence electrons. The van der Waals surface area contributed by atoms with E-state index in [1.807, 2.05) is 27.2 Å². The number of allylic oxidation sites excluding steroid dienone is 5. The fourth-order valence-corrected chi connectivity index (χ4v) is 10.3. The summed E-state index contributed by atoms with van der Waals surface area (Å²) in [6.07, 6.45) is 72.7. The maximum absolute atomic E-state index is 13.0. The second-order valence-corrected chi connectivity index (χ2v) is 24.5. The lowest BCUT2D eigenvalue weighted by atomic mass is 10.0. The number of likely N-dealkylation sites (N-methyl/N-ethyl adjacent to an activating group) is 1. The van der Waals surface area contributed by atoms with Gasteiger partial charge < -0.3 is 28.8 Å². The molecule has 0 aliphatic carbocycles. The number of nitrogens with one attached hydrogen (secondary N) is 1. The van der Waals surface area contributed by atoms with Gasteiger partial charge >= 0.3 is 0 Å². The molecule has 0 saturated heterocycles. The molecule has 0 spiro atoms.